The van der Waals surface area contributed by atoms with Gasteiger partial charge >= 0.3 is 5.97 Å². The number of carbonyl (C=O) groups is 1. The van der Waals surface area contributed by atoms with E-state index in [1.54, 1.807) is 0 Å². The molecule has 1 aliphatic rings. The third-order valence-electron chi connectivity index (χ3n) is 1.90. The molecule has 1 rings (SSSR count). The van der Waals surface area contributed by atoms with Crippen molar-refractivity contribution in [2.75, 3.05) is 19.8 Å². The summed E-state index contributed by atoms with van der Waals surface area (Å²) in [6.45, 7) is 6.96. The van der Waals surface area contributed by atoms with Gasteiger partial charge < -0.3 is 14.8 Å². The molecule has 0 aliphatic heterocycles. The quantitative estimate of drug-likeness (QED) is 0.532. The zero-order valence-electron chi connectivity index (χ0n) is 9.84. The van der Waals surface area contributed by atoms with E-state index < -0.39 is 5.60 Å². The van der Waals surface area contributed by atoms with E-state index in [-0.39, 0.29) is 12.6 Å². The van der Waals surface area contributed by atoms with Gasteiger partial charge in [0, 0.05) is 12.6 Å². The van der Waals surface area contributed by atoms with E-state index in [0.29, 0.717) is 12.6 Å². The molecule has 0 saturated heterocycles. The minimum Gasteiger partial charge on any atom is -0.458 e. The van der Waals surface area contributed by atoms with Gasteiger partial charge in [-0.1, -0.05) is 0 Å². The van der Waals surface area contributed by atoms with Crippen molar-refractivity contribution in [1.82, 2.24) is 5.32 Å². The normalized spacial score (nSPS) is 16.5. The van der Waals surface area contributed by atoms with Crippen LogP contribution in [0.3, 0.4) is 0 Å². The average Bonchev–Trinajstić information content (AvgIpc) is 2.83. The standard InChI is InChI=1S/C11H21NO3/c1-11(2,3)15-10(13)8-14-7-6-12-9-4-5-9/h9,12H,4-8H2,1-3H3. The van der Waals surface area contributed by atoms with Crippen LogP contribution in [0.25, 0.3) is 0 Å². The van der Waals surface area contributed by atoms with Gasteiger partial charge in [-0.15, -0.1) is 0 Å². The molecule has 88 valence electrons. The molecule has 1 aliphatic carbocycles. The molecule has 0 atom stereocenters. The molecular weight excluding hydrogens is 194 g/mol. The fourth-order valence-electron chi connectivity index (χ4n) is 1.15. The fourth-order valence-corrected chi connectivity index (χ4v) is 1.15. The maximum Gasteiger partial charge on any atom is 0.332 e. The maximum absolute atomic E-state index is 11.2. The molecule has 0 aromatic carbocycles. The first-order valence-electron chi connectivity index (χ1n) is 5.50. The summed E-state index contributed by atoms with van der Waals surface area (Å²) in [6.07, 6.45) is 2.54. The lowest BCUT2D eigenvalue weighted by atomic mass is 10.2. The van der Waals surface area contributed by atoms with E-state index in [2.05, 4.69) is 5.32 Å². The Labute approximate surface area is 91.3 Å². The van der Waals surface area contributed by atoms with E-state index in [4.69, 9.17) is 9.47 Å². The molecule has 1 N–H and O–H groups in total. The monoisotopic (exact) mass is 215 g/mol. The Balaban J connectivity index is 1.91. The molecule has 0 aromatic heterocycles. The third-order valence-corrected chi connectivity index (χ3v) is 1.90. The molecule has 15 heavy (non-hydrogen) atoms. The number of nitrogens with one attached hydrogen (secondary N) is 1. The zero-order valence-corrected chi connectivity index (χ0v) is 9.84. The minimum absolute atomic E-state index is 0.0453. The predicted octanol–water partition coefficient (Wildman–Crippen LogP) is 1.10. The van der Waals surface area contributed by atoms with Crippen LogP contribution in [0.1, 0.15) is 33.6 Å². The molecule has 1 saturated carbocycles. The van der Waals surface area contributed by atoms with Crippen LogP contribution < -0.4 is 5.32 Å². The lowest BCUT2D eigenvalue weighted by molar-refractivity contribution is -0.160. The van der Waals surface area contributed by atoms with E-state index in [0.717, 1.165) is 6.54 Å². The average molecular weight is 215 g/mol. The highest BCUT2D eigenvalue weighted by molar-refractivity contribution is 5.71. The smallest absolute Gasteiger partial charge is 0.332 e. The van der Waals surface area contributed by atoms with Crippen LogP contribution in [0.5, 0.6) is 0 Å². The van der Waals surface area contributed by atoms with Crippen LogP contribution in [0.2, 0.25) is 0 Å². The largest absolute Gasteiger partial charge is 0.458 e. The second kappa shape index (κ2) is 5.47. The maximum atomic E-state index is 11.2. The second-order valence-corrected chi connectivity index (χ2v) is 4.87. The number of esters is 1. The van der Waals surface area contributed by atoms with Crippen molar-refractivity contribution in [1.29, 1.82) is 0 Å². The predicted molar refractivity (Wildman–Crippen MR) is 57.7 cm³/mol. The van der Waals surface area contributed by atoms with Gasteiger partial charge in [-0.2, -0.15) is 0 Å². The highest BCUT2D eigenvalue weighted by atomic mass is 16.6. The first-order valence-corrected chi connectivity index (χ1v) is 5.50. The van der Waals surface area contributed by atoms with Crippen molar-refractivity contribution in [2.45, 2.75) is 45.3 Å². The summed E-state index contributed by atoms with van der Waals surface area (Å²) in [6, 6.07) is 0.690. The number of hydrogen-bond acceptors (Lipinski definition) is 4. The fraction of sp³-hybridized carbons (Fsp3) is 0.909. The Bertz CT molecular complexity index is 206. The highest BCUT2D eigenvalue weighted by Crippen LogP contribution is 2.17. The van der Waals surface area contributed by atoms with Gasteiger partial charge in [0.05, 0.1) is 6.61 Å². The van der Waals surface area contributed by atoms with E-state index in [9.17, 15) is 4.79 Å². The molecule has 0 bridgehead atoms. The Morgan fingerprint density at radius 1 is 1.40 bits per heavy atom. The van der Waals surface area contributed by atoms with Crippen molar-refractivity contribution >= 4 is 5.97 Å². The van der Waals surface area contributed by atoms with Crippen molar-refractivity contribution in [3.63, 3.8) is 0 Å². The molecule has 4 heteroatoms. The first-order chi connectivity index (χ1) is 6.97. The molecule has 0 amide bonds. The molecule has 0 heterocycles. The third kappa shape index (κ3) is 7.33. The van der Waals surface area contributed by atoms with E-state index >= 15 is 0 Å². The summed E-state index contributed by atoms with van der Waals surface area (Å²) >= 11 is 0. The summed E-state index contributed by atoms with van der Waals surface area (Å²) in [5.74, 6) is -0.297. The van der Waals surface area contributed by atoms with Gasteiger partial charge in [0.1, 0.15) is 12.2 Å². The molecule has 1 fully saturated rings. The van der Waals surface area contributed by atoms with Gasteiger partial charge in [-0.25, -0.2) is 4.79 Å². The molecule has 4 nitrogen and oxygen atoms in total. The Hall–Kier alpha value is -0.610. The summed E-state index contributed by atoms with van der Waals surface area (Å²) in [5.41, 5.74) is -0.424. The Kier molecular flexibility index (Phi) is 4.54. The van der Waals surface area contributed by atoms with Gasteiger partial charge in [0.15, 0.2) is 0 Å². The summed E-state index contributed by atoms with van der Waals surface area (Å²) < 4.78 is 10.3. The van der Waals surface area contributed by atoms with Crippen molar-refractivity contribution in [3.8, 4) is 0 Å². The second-order valence-electron chi connectivity index (χ2n) is 4.87. The van der Waals surface area contributed by atoms with Gasteiger partial charge in [-0.05, 0) is 33.6 Å². The number of rotatable bonds is 6. The lowest BCUT2D eigenvalue weighted by Gasteiger charge is -2.19. The summed E-state index contributed by atoms with van der Waals surface area (Å²) in [7, 11) is 0. The summed E-state index contributed by atoms with van der Waals surface area (Å²) in [5, 5.41) is 3.30. The molecule has 0 radical (unpaired) electrons. The van der Waals surface area contributed by atoms with Crippen LogP contribution >= 0.6 is 0 Å². The van der Waals surface area contributed by atoms with Crippen LogP contribution in [0.4, 0.5) is 0 Å². The van der Waals surface area contributed by atoms with Crippen LogP contribution in [-0.2, 0) is 14.3 Å². The van der Waals surface area contributed by atoms with Crippen molar-refractivity contribution in [3.05, 3.63) is 0 Å². The first kappa shape index (κ1) is 12.5. The molecule has 0 spiro atoms. The number of carbonyl (C=O) groups excluding carboxylic acids is 1. The zero-order chi connectivity index (χ0) is 11.3. The topological polar surface area (TPSA) is 47.6 Å². The van der Waals surface area contributed by atoms with Crippen LogP contribution in [0, 0.1) is 0 Å². The Morgan fingerprint density at radius 2 is 2.07 bits per heavy atom. The minimum atomic E-state index is -0.424. The van der Waals surface area contributed by atoms with Crippen LogP contribution in [-0.4, -0.2) is 37.4 Å². The Morgan fingerprint density at radius 3 is 2.60 bits per heavy atom. The molecule has 0 aromatic rings. The number of ether oxygens (including phenoxy) is 2. The number of hydrogen-bond donors (Lipinski definition) is 1. The van der Waals surface area contributed by atoms with Crippen LogP contribution in [0.15, 0.2) is 0 Å². The van der Waals surface area contributed by atoms with Crippen molar-refractivity contribution < 1.29 is 14.3 Å². The SMILES string of the molecule is CC(C)(C)OC(=O)COCCNC1CC1. The molecule has 0 unspecified atom stereocenters. The van der Waals surface area contributed by atoms with Crippen molar-refractivity contribution in [2.24, 2.45) is 0 Å². The van der Waals surface area contributed by atoms with E-state index in [1.807, 2.05) is 20.8 Å². The van der Waals surface area contributed by atoms with Gasteiger partial charge in [0.2, 0.25) is 0 Å². The molecular formula is C11H21NO3. The highest BCUT2D eigenvalue weighted by Gasteiger charge is 2.20. The lowest BCUT2D eigenvalue weighted by Crippen LogP contribution is -2.28. The van der Waals surface area contributed by atoms with E-state index in [1.165, 1.54) is 12.8 Å². The van der Waals surface area contributed by atoms with Gasteiger partial charge in [-0.3, -0.25) is 0 Å². The summed E-state index contributed by atoms with van der Waals surface area (Å²) in [4.78, 5) is 11.2. The van der Waals surface area contributed by atoms with Gasteiger partial charge in [0.25, 0.3) is 0 Å².